The predicted molar refractivity (Wildman–Crippen MR) is 49.3 cm³/mol. The van der Waals surface area contributed by atoms with E-state index in [9.17, 15) is 5.11 Å². The summed E-state index contributed by atoms with van der Waals surface area (Å²) in [5, 5.41) is 18.4. The SMILES string of the molecule is N[C@H]1CCc2c(CO)cc(O)cc21. The number of phenolic OH excluding ortho intramolecular Hbond substituents is 1. The van der Waals surface area contributed by atoms with Crippen LogP contribution in [0.25, 0.3) is 0 Å². The standard InChI is InChI=1S/C10H13NO2/c11-10-2-1-8-6(5-12)3-7(13)4-9(8)10/h3-4,10,12-13H,1-2,5,11H2/t10-/m0/s1. The second kappa shape index (κ2) is 3.01. The fourth-order valence-corrected chi connectivity index (χ4v) is 1.97. The van der Waals surface area contributed by atoms with Gasteiger partial charge >= 0.3 is 0 Å². The van der Waals surface area contributed by atoms with Crippen LogP contribution in [0.1, 0.15) is 29.2 Å². The molecule has 1 atom stereocenters. The first-order valence-corrected chi connectivity index (χ1v) is 4.43. The van der Waals surface area contributed by atoms with Crippen molar-refractivity contribution < 1.29 is 10.2 Å². The summed E-state index contributed by atoms with van der Waals surface area (Å²) in [4.78, 5) is 0. The van der Waals surface area contributed by atoms with E-state index in [1.165, 1.54) is 0 Å². The summed E-state index contributed by atoms with van der Waals surface area (Å²) in [5.74, 6) is 0.195. The number of benzene rings is 1. The number of aliphatic hydroxyl groups excluding tert-OH is 1. The summed E-state index contributed by atoms with van der Waals surface area (Å²) in [5.41, 5.74) is 8.76. The average Bonchev–Trinajstić information content (AvgIpc) is 2.47. The Morgan fingerprint density at radius 2 is 2.23 bits per heavy atom. The van der Waals surface area contributed by atoms with Crippen LogP contribution >= 0.6 is 0 Å². The van der Waals surface area contributed by atoms with Crippen LogP contribution in [0.4, 0.5) is 0 Å². The number of phenols is 1. The zero-order valence-electron chi connectivity index (χ0n) is 7.33. The quantitative estimate of drug-likeness (QED) is 0.598. The molecule has 3 nitrogen and oxygen atoms in total. The molecule has 1 aromatic carbocycles. The second-order valence-electron chi connectivity index (χ2n) is 3.48. The molecule has 0 amide bonds. The highest BCUT2D eigenvalue weighted by atomic mass is 16.3. The van der Waals surface area contributed by atoms with Gasteiger partial charge in [-0.25, -0.2) is 0 Å². The molecule has 0 heterocycles. The lowest BCUT2D eigenvalue weighted by molar-refractivity contribution is 0.280. The smallest absolute Gasteiger partial charge is 0.116 e. The monoisotopic (exact) mass is 179 g/mol. The van der Waals surface area contributed by atoms with Gasteiger partial charge in [-0.15, -0.1) is 0 Å². The van der Waals surface area contributed by atoms with Crippen molar-refractivity contribution in [3.63, 3.8) is 0 Å². The van der Waals surface area contributed by atoms with Crippen molar-refractivity contribution in [2.75, 3.05) is 0 Å². The number of nitrogens with two attached hydrogens (primary N) is 1. The van der Waals surface area contributed by atoms with E-state index in [1.54, 1.807) is 12.1 Å². The van der Waals surface area contributed by atoms with Gasteiger partial charge in [0.2, 0.25) is 0 Å². The molecule has 13 heavy (non-hydrogen) atoms. The normalized spacial score (nSPS) is 20.3. The minimum Gasteiger partial charge on any atom is -0.508 e. The van der Waals surface area contributed by atoms with E-state index in [1.807, 2.05) is 0 Å². The Bertz CT molecular complexity index is 336. The Morgan fingerprint density at radius 1 is 1.46 bits per heavy atom. The predicted octanol–water partition coefficient (Wildman–Crippen LogP) is 0.831. The zero-order valence-corrected chi connectivity index (χ0v) is 7.33. The number of aliphatic hydroxyl groups is 1. The molecule has 0 aromatic heterocycles. The topological polar surface area (TPSA) is 66.5 Å². The van der Waals surface area contributed by atoms with Gasteiger partial charge in [0.25, 0.3) is 0 Å². The van der Waals surface area contributed by atoms with Crippen molar-refractivity contribution in [2.45, 2.75) is 25.5 Å². The van der Waals surface area contributed by atoms with E-state index in [0.29, 0.717) is 0 Å². The van der Waals surface area contributed by atoms with Crippen molar-refractivity contribution in [1.82, 2.24) is 0 Å². The molecule has 0 radical (unpaired) electrons. The molecule has 0 saturated carbocycles. The fourth-order valence-electron chi connectivity index (χ4n) is 1.97. The summed E-state index contributed by atoms with van der Waals surface area (Å²) in [6.07, 6.45) is 1.82. The van der Waals surface area contributed by atoms with Crippen molar-refractivity contribution in [3.05, 3.63) is 28.8 Å². The third-order valence-electron chi connectivity index (χ3n) is 2.64. The first kappa shape index (κ1) is 8.53. The summed E-state index contributed by atoms with van der Waals surface area (Å²) in [7, 11) is 0. The minimum atomic E-state index is -0.0244. The van der Waals surface area contributed by atoms with Crippen molar-refractivity contribution in [3.8, 4) is 5.75 Å². The van der Waals surface area contributed by atoms with Crippen LogP contribution in [0.5, 0.6) is 5.75 Å². The maximum atomic E-state index is 9.36. The lowest BCUT2D eigenvalue weighted by Crippen LogP contribution is -2.05. The van der Waals surface area contributed by atoms with E-state index >= 15 is 0 Å². The Balaban J connectivity index is 2.56. The average molecular weight is 179 g/mol. The highest BCUT2D eigenvalue weighted by molar-refractivity contribution is 5.45. The Morgan fingerprint density at radius 3 is 2.92 bits per heavy atom. The Labute approximate surface area is 76.8 Å². The van der Waals surface area contributed by atoms with Gasteiger partial charge in [0.1, 0.15) is 5.75 Å². The number of hydrogen-bond acceptors (Lipinski definition) is 3. The molecule has 3 heteroatoms. The van der Waals surface area contributed by atoms with Crippen LogP contribution in [0.15, 0.2) is 12.1 Å². The van der Waals surface area contributed by atoms with E-state index < -0.39 is 0 Å². The van der Waals surface area contributed by atoms with E-state index in [4.69, 9.17) is 10.8 Å². The maximum absolute atomic E-state index is 9.36. The van der Waals surface area contributed by atoms with Gasteiger partial charge in [-0.3, -0.25) is 0 Å². The lowest BCUT2D eigenvalue weighted by atomic mass is 10.0. The van der Waals surface area contributed by atoms with Gasteiger partial charge < -0.3 is 15.9 Å². The largest absolute Gasteiger partial charge is 0.508 e. The van der Waals surface area contributed by atoms with Crippen molar-refractivity contribution >= 4 is 0 Å². The molecule has 0 spiro atoms. The summed E-state index contributed by atoms with van der Waals surface area (Å²) in [6, 6.07) is 3.33. The molecule has 1 aromatic rings. The highest BCUT2D eigenvalue weighted by Crippen LogP contribution is 2.34. The zero-order chi connectivity index (χ0) is 9.42. The number of rotatable bonds is 1. The molecule has 0 saturated heterocycles. The first-order chi connectivity index (χ1) is 6.22. The van der Waals surface area contributed by atoms with Gasteiger partial charge in [-0.05, 0) is 41.7 Å². The maximum Gasteiger partial charge on any atom is 0.116 e. The first-order valence-electron chi connectivity index (χ1n) is 4.43. The molecule has 0 unspecified atom stereocenters. The summed E-state index contributed by atoms with van der Waals surface area (Å²) in [6.45, 7) is -0.0244. The second-order valence-corrected chi connectivity index (χ2v) is 3.48. The molecule has 4 N–H and O–H groups in total. The molecule has 2 rings (SSSR count). The van der Waals surface area contributed by atoms with Crippen LogP contribution in [-0.2, 0) is 13.0 Å². The molecule has 70 valence electrons. The number of fused-ring (bicyclic) bond motifs is 1. The van der Waals surface area contributed by atoms with E-state index in [2.05, 4.69) is 0 Å². The van der Waals surface area contributed by atoms with Gasteiger partial charge in [-0.2, -0.15) is 0 Å². The van der Waals surface area contributed by atoms with Gasteiger partial charge in [0, 0.05) is 6.04 Å². The third-order valence-corrected chi connectivity index (χ3v) is 2.64. The minimum absolute atomic E-state index is 0.0207. The summed E-state index contributed by atoms with van der Waals surface area (Å²) < 4.78 is 0. The highest BCUT2D eigenvalue weighted by Gasteiger charge is 2.22. The molecule has 1 aliphatic carbocycles. The summed E-state index contributed by atoms with van der Waals surface area (Å²) >= 11 is 0. The third kappa shape index (κ3) is 1.30. The number of hydrogen-bond donors (Lipinski definition) is 3. The van der Waals surface area contributed by atoms with Crippen LogP contribution in [0.3, 0.4) is 0 Å². The fraction of sp³-hybridized carbons (Fsp3) is 0.400. The number of aromatic hydroxyl groups is 1. The molecule has 0 fully saturated rings. The lowest BCUT2D eigenvalue weighted by Gasteiger charge is -2.08. The van der Waals surface area contributed by atoms with Crippen LogP contribution in [-0.4, -0.2) is 10.2 Å². The Kier molecular flexibility index (Phi) is 1.98. The van der Waals surface area contributed by atoms with E-state index in [-0.39, 0.29) is 18.4 Å². The van der Waals surface area contributed by atoms with Crippen LogP contribution < -0.4 is 5.73 Å². The molecular weight excluding hydrogens is 166 g/mol. The van der Waals surface area contributed by atoms with Crippen LogP contribution in [0, 0.1) is 0 Å². The van der Waals surface area contributed by atoms with E-state index in [0.717, 1.165) is 29.5 Å². The van der Waals surface area contributed by atoms with Gasteiger partial charge in [-0.1, -0.05) is 0 Å². The van der Waals surface area contributed by atoms with Gasteiger partial charge in [0.15, 0.2) is 0 Å². The van der Waals surface area contributed by atoms with Crippen molar-refractivity contribution in [2.24, 2.45) is 5.73 Å². The molecule has 0 aliphatic heterocycles. The molecular formula is C10H13NO2. The Hall–Kier alpha value is -1.06. The van der Waals surface area contributed by atoms with Crippen molar-refractivity contribution in [1.29, 1.82) is 0 Å². The van der Waals surface area contributed by atoms with Gasteiger partial charge in [0.05, 0.1) is 6.61 Å². The molecule has 0 bridgehead atoms. The van der Waals surface area contributed by atoms with Crippen LogP contribution in [0.2, 0.25) is 0 Å². The molecule has 1 aliphatic rings.